The Morgan fingerprint density at radius 1 is 1.14 bits per heavy atom. The van der Waals surface area contributed by atoms with E-state index in [1.165, 1.54) is 0 Å². The van der Waals surface area contributed by atoms with Crippen molar-refractivity contribution in [1.82, 2.24) is 4.90 Å². The zero-order chi connectivity index (χ0) is 15.2. The van der Waals surface area contributed by atoms with Gasteiger partial charge in [0.05, 0.1) is 13.2 Å². The van der Waals surface area contributed by atoms with Crippen molar-refractivity contribution in [2.24, 2.45) is 5.73 Å². The van der Waals surface area contributed by atoms with Crippen molar-refractivity contribution in [3.63, 3.8) is 0 Å². The summed E-state index contributed by atoms with van der Waals surface area (Å²) < 4.78 is 24.9. The van der Waals surface area contributed by atoms with E-state index in [-0.39, 0.29) is 11.5 Å². The fourth-order valence-electron chi connectivity index (χ4n) is 2.61. The van der Waals surface area contributed by atoms with Gasteiger partial charge >= 0.3 is 0 Å². The lowest BCUT2D eigenvalue weighted by atomic mass is 10.1. The van der Waals surface area contributed by atoms with Crippen molar-refractivity contribution < 1.29 is 13.9 Å². The molecule has 0 amide bonds. The fourth-order valence-corrected chi connectivity index (χ4v) is 2.61. The lowest BCUT2D eigenvalue weighted by Gasteiger charge is -2.30. The highest BCUT2D eigenvalue weighted by Crippen LogP contribution is 2.30. The Bertz CT molecular complexity index is 433. The van der Waals surface area contributed by atoms with E-state index >= 15 is 0 Å². The van der Waals surface area contributed by atoms with Gasteiger partial charge in [-0.2, -0.15) is 4.39 Å². The number of nitrogens with zero attached hydrogens (tertiary/aromatic N) is 1. The van der Waals surface area contributed by atoms with Crippen LogP contribution in [0.4, 0.5) is 4.39 Å². The van der Waals surface area contributed by atoms with Gasteiger partial charge in [0.15, 0.2) is 11.5 Å². The molecule has 0 radical (unpaired) electrons. The first-order chi connectivity index (χ1) is 10.1. The third kappa shape index (κ3) is 4.32. The summed E-state index contributed by atoms with van der Waals surface area (Å²) in [6.07, 6.45) is 2.02. The number of benzene rings is 1. The molecule has 1 aliphatic heterocycles. The van der Waals surface area contributed by atoms with Gasteiger partial charge in [-0.25, -0.2) is 0 Å². The van der Waals surface area contributed by atoms with Gasteiger partial charge in [-0.1, -0.05) is 0 Å². The second-order valence-corrected chi connectivity index (χ2v) is 5.39. The molecule has 4 nitrogen and oxygen atoms in total. The molecule has 0 aliphatic carbocycles. The van der Waals surface area contributed by atoms with Crippen LogP contribution in [0.15, 0.2) is 12.1 Å². The minimum atomic E-state index is -0.414. The molecule has 0 unspecified atom stereocenters. The smallest absolute Gasteiger partial charge is 0.206 e. The largest absolute Gasteiger partial charge is 0.491 e. The Balaban J connectivity index is 2.14. The van der Waals surface area contributed by atoms with Crippen LogP contribution in [0.2, 0.25) is 0 Å². The Morgan fingerprint density at radius 3 is 2.14 bits per heavy atom. The zero-order valence-corrected chi connectivity index (χ0v) is 12.9. The molecule has 0 bridgehead atoms. The molecular formula is C16H25FN2O2. The van der Waals surface area contributed by atoms with Crippen molar-refractivity contribution in [3.8, 4) is 11.5 Å². The number of piperidine rings is 1. The second kappa shape index (κ2) is 7.61. The van der Waals surface area contributed by atoms with Crippen LogP contribution in [0.25, 0.3) is 0 Å². The molecule has 2 rings (SSSR count). The van der Waals surface area contributed by atoms with Crippen LogP contribution in [-0.2, 0) is 6.54 Å². The topological polar surface area (TPSA) is 47.7 Å². The van der Waals surface area contributed by atoms with Crippen molar-refractivity contribution in [2.75, 3.05) is 26.3 Å². The summed E-state index contributed by atoms with van der Waals surface area (Å²) in [5, 5.41) is 0. The number of hydrogen-bond donors (Lipinski definition) is 1. The van der Waals surface area contributed by atoms with Crippen LogP contribution in [-0.4, -0.2) is 37.2 Å². The first-order valence-corrected chi connectivity index (χ1v) is 7.70. The number of likely N-dealkylation sites (tertiary alicyclic amines) is 1. The lowest BCUT2D eigenvalue weighted by Crippen LogP contribution is -2.39. The molecule has 1 aliphatic rings. The summed E-state index contributed by atoms with van der Waals surface area (Å²) in [4.78, 5) is 2.34. The predicted octanol–water partition coefficient (Wildman–Crippen LogP) is 2.55. The lowest BCUT2D eigenvalue weighted by molar-refractivity contribution is 0.204. The van der Waals surface area contributed by atoms with E-state index in [9.17, 15) is 4.39 Å². The average molecular weight is 296 g/mol. The summed E-state index contributed by atoms with van der Waals surface area (Å²) in [6.45, 7) is 7.29. The SMILES string of the molecule is CCOc1cc(CN2CCC(N)CC2)cc(OCC)c1F. The minimum absolute atomic E-state index is 0.271. The molecule has 0 atom stereocenters. The summed E-state index contributed by atoms with van der Waals surface area (Å²) in [7, 11) is 0. The average Bonchev–Trinajstić information content (AvgIpc) is 2.47. The molecule has 1 fully saturated rings. The fraction of sp³-hybridized carbons (Fsp3) is 0.625. The molecule has 0 saturated carbocycles. The molecule has 1 aromatic rings. The van der Waals surface area contributed by atoms with E-state index in [1.807, 2.05) is 13.8 Å². The molecule has 0 spiro atoms. The number of ether oxygens (including phenoxy) is 2. The van der Waals surface area contributed by atoms with Crippen LogP contribution in [0.3, 0.4) is 0 Å². The quantitative estimate of drug-likeness (QED) is 0.876. The summed E-state index contributed by atoms with van der Waals surface area (Å²) in [5.41, 5.74) is 6.93. The molecule has 1 heterocycles. The Labute approximate surface area is 126 Å². The maximum absolute atomic E-state index is 14.2. The van der Waals surface area contributed by atoms with E-state index in [0.717, 1.165) is 38.0 Å². The van der Waals surface area contributed by atoms with Crippen molar-refractivity contribution in [2.45, 2.75) is 39.3 Å². The van der Waals surface area contributed by atoms with Gasteiger partial charge in [0.25, 0.3) is 0 Å². The predicted molar refractivity (Wildman–Crippen MR) is 81.2 cm³/mol. The van der Waals surface area contributed by atoms with E-state index in [4.69, 9.17) is 15.2 Å². The van der Waals surface area contributed by atoms with E-state index < -0.39 is 5.82 Å². The van der Waals surface area contributed by atoms with E-state index in [2.05, 4.69) is 4.90 Å². The maximum Gasteiger partial charge on any atom is 0.206 e. The highest BCUT2D eigenvalue weighted by molar-refractivity contribution is 5.40. The molecule has 118 valence electrons. The monoisotopic (exact) mass is 296 g/mol. The standard InChI is InChI=1S/C16H25FN2O2/c1-3-20-14-9-12(10-15(16(14)17)21-4-2)11-19-7-5-13(18)6-8-19/h9-10,13H,3-8,11,18H2,1-2H3. The molecule has 1 aromatic carbocycles. The van der Waals surface area contributed by atoms with Crippen molar-refractivity contribution in [1.29, 1.82) is 0 Å². The molecule has 5 heteroatoms. The third-order valence-electron chi connectivity index (χ3n) is 3.70. The van der Waals surface area contributed by atoms with Crippen LogP contribution in [0.5, 0.6) is 11.5 Å². The summed E-state index contributed by atoms with van der Waals surface area (Å²) in [5.74, 6) is 0.127. The molecule has 1 saturated heterocycles. The normalized spacial score (nSPS) is 17.0. The number of nitrogens with two attached hydrogens (primary N) is 1. The molecule has 0 aromatic heterocycles. The maximum atomic E-state index is 14.2. The number of rotatable bonds is 6. The van der Waals surface area contributed by atoms with Gasteiger partial charge in [0, 0.05) is 12.6 Å². The van der Waals surface area contributed by atoms with Crippen molar-refractivity contribution >= 4 is 0 Å². The molecule has 21 heavy (non-hydrogen) atoms. The molecular weight excluding hydrogens is 271 g/mol. The highest BCUT2D eigenvalue weighted by Gasteiger charge is 2.18. The minimum Gasteiger partial charge on any atom is -0.491 e. The van der Waals surface area contributed by atoms with Gasteiger partial charge in [0.1, 0.15) is 0 Å². The first-order valence-electron chi connectivity index (χ1n) is 7.70. The van der Waals surface area contributed by atoms with Gasteiger partial charge in [-0.15, -0.1) is 0 Å². The summed E-state index contributed by atoms with van der Waals surface area (Å²) in [6, 6.07) is 3.86. The highest BCUT2D eigenvalue weighted by atomic mass is 19.1. The van der Waals surface area contributed by atoms with Gasteiger partial charge in [0.2, 0.25) is 5.82 Å². The van der Waals surface area contributed by atoms with Crippen molar-refractivity contribution in [3.05, 3.63) is 23.5 Å². The Hall–Kier alpha value is -1.33. The zero-order valence-electron chi connectivity index (χ0n) is 12.9. The van der Waals surface area contributed by atoms with Crippen LogP contribution in [0, 0.1) is 5.82 Å². The third-order valence-corrected chi connectivity index (χ3v) is 3.70. The van der Waals surface area contributed by atoms with Crippen LogP contribution in [0.1, 0.15) is 32.3 Å². The first kappa shape index (κ1) is 16.0. The van der Waals surface area contributed by atoms with Gasteiger partial charge in [-0.3, -0.25) is 4.90 Å². The Morgan fingerprint density at radius 2 is 1.67 bits per heavy atom. The number of hydrogen-bond acceptors (Lipinski definition) is 4. The Kier molecular flexibility index (Phi) is 5.82. The number of halogens is 1. The van der Waals surface area contributed by atoms with E-state index in [1.54, 1.807) is 12.1 Å². The van der Waals surface area contributed by atoms with Gasteiger partial charge < -0.3 is 15.2 Å². The van der Waals surface area contributed by atoms with Gasteiger partial charge in [-0.05, 0) is 57.5 Å². The second-order valence-electron chi connectivity index (χ2n) is 5.39. The summed E-state index contributed by atoms with van der Waals surface area (Å²) >= 11 is 0. The molecule has 2 N–H and O–H groups in total. The van der Waals surface area contributed by atoms with E-state index in [0.29, 0.717) is 19.3 Å². The van der Waals surface area contributed by atoms with Crippen LogP contribution < -0.4 is 15.2 Å². The van der Waals surface area contributed by atoms with Crippen LogP contribution >= 0.6 is 0 Å².